The molecule has 0 atom stereocenters. The molecule has 2 aromatic heterocycles. The summed E-state index contributed by atoms with van der Waals surface area (Å²) in [6.45, 7) is 0.770. The van der Waals surface area contributed by atoms with E-state index < -0.39 is 0 Å². The van der Waals surface area contributed by atoms with Crippen molar-refractivity contribution in [3.05, 3.63) is 66.1 Å². The van der Waals surface area contributed by atoms with Crippen LogP contribution < -0.4 is 10.2 Å². The molecule has 7 nitrogen and oxygen atoms in total. The molecular weight excluding hydrogens is 314 g/mol. The van der Waals surface area contributed by atoms with E-state index in [1.54, 1.807) is 30.7 Å². The van der Waals surface area contributed by atoms with Gasteiger partial charge in [0.1, 0.15) is 0 Å². The molecule has 0 aliphatic heterocycles. The summed E-state index contributed by atoms with van der Waals surface area (Å²) < 4.78 is 0. The first-order valence-electron chi connectivity index (χ1n) is 7.81. The van der Waals surface area contributed by atoms with Crippen LogP contribution in [0.3, 0.4) is 0 Å². The minimum Gasteiger partial charge on any atom is -0.342 e. The second-order valence-corrected chi connectivity index (χ2v) is 5.48. The summed E-state index contributed by atoms with van der Waals surface area (Å²) in [4.78, 5) is 10.5. The molecule has 0 saturated heterocycles. The van der Waals surface area contributed by atoms with Gasteiger partial charge in [0.15, 0.2) is 5.82 Å². The van der Waals surface area contributed by atoms with Crippen molar-refractivity contribution >= 4 is 17.5 Å². The molecule has 7 heteroatoms. The van der Waals surface area contributed by atoms with Gasteiger partial charge in [0.2, 0.25) is 5.95 Å². The van der Waals surface area contributed by atoms with Gasteiger partial charge in [0.05, 0.1) is 17.8 Å². The third-order valence-electron chi connectivity index (χ3n) is 3.66. The summed E-state index contributed by atoms with van der Waals surface area (Å²) in [5.41, 5.74) is 2.66. The average molecular weight is 331 g/mol. The Kier molecular flexibility index (Phi) is 5.12. The van der Waals surface area contributed by atoms with E-state index in [9.17, 15) is 0 Å². The highest BCUT2D eigenvalue weighted by atomic mass is 15.3. The van der Waals surface area contributed by atoms with E-state index in [1.165, 1.54) is 5.56 Å². The van der Waals surface area contributed by atoms with Crippen LogP contribution in [0.1, 0.15) is 11.1 Å². The molecule has 0 fully saturated rings. The lowest BCUT2D eigenvalue weighted by Crippen LogP contribution is -2.23. The van der Waals surface area contributed by atoms with Crippen LogP contribution in [0.25, 0.3) is 0 Å². The number of likely N-dealkylation sites (N-methyl/N-ethyl adjacent to an activating group) is 1. The fraction of sp³-hybridized carbons (Fsp3) is 0.167. The van der Waals surface area contributed by atoms with Crippen molar-refractivity contribution < 1.29 is 0 Å². The number of pyridine rings is 1. The van der Waals surface area contributed by atoms with Crippen LogP contribution >= 0.6 is 0 Å². The van der Waals surface area contributed by atoms with Crippen molar-refractivity contribution in [3.8, 4) is 6.07 Å². The zero-order valence-corrected chi connectivity index (χ0v) is 13.8. The standard InChI is InChI=1S/C18H17N7/c1-25(11-8-14-6-9-20-10-7-14)18-23-17(13-21-24-18)22-16-4-2-15(12-19)3-5-16/h2-7,9-10,13H,8,11H2,1H3,(H,22,23,24). The quantitative estimate of drug-likeness (QED) is 0.742. The van der Waals surface area contributed by atoms with E-state index in [1.807, 2.05) is 36.2 Å². The van der Waals surface area contributed by atoms with Crippen molar-refractivity contribution in [2.24, 2.45) is 0 Å². The molecule has 0 spiro atoms. The van der Waals surface area contributed by atoms with Crippen molar-refractivity contribution in [3.63, 3.8) is 0 Å². The summed E-state index contributed by atoms with van der Waals surface area (Å²) >= 11 is 0. The first-order valence-corrected chi connectivity index (χ1v) is 7.81. The number of hydrogen-bond donors (Lipinski definition) is 1. The zero-order chi connectivity index (χ0) is 17.5. The minimum absolute atomic E-state index is 0.549. The molecular formula is C18H17N7. The highest BCUT2D eigenvalue weighted by molar-refractivity contribution is 5.57. The Bertz CT molecular complexity index is 857. The molecule has 0 bridgehead atoms. The first-order chi connectivity index (χ1) is 12.2. The van der Waals surface area contributed by atoms with E-state index in [2.05, 4.69) is 31.6 Å². The fourth-order valence-electron chi connectivity index (χ4n) is 2.24. The second kappa shape index (κ2) is 7.84. The lowest BCUT2D eigenvalue weighted by atomic mass is 10.2. The number of nitriles is 1. The Morgan fingerprint density at radius 2 is 1.88 bits per heavy atom. The first kappa shape index (κ1) is 16.3. The number of nitrogens with one attached hydrogen (secondary N) is 1. The molecule has 1 N–H and O–H groups in total. The maximum Gasteiger partial charge on any atom is 0.247 e. The fourth-order valence-corrected chi connectivity index (χ4v) is 2.24. The number of aromatic nitrogens is 4. The van der Waals surface area contributed by atoms with Gasteiger partial charge in [0.25, 0.3) is 0 Å². The normalized spacial score (nSPS) is 10.1. The van der Waals surface area contributed by atoms with Crippen molar-refractivity contribution in [2.45, 2.75) is 6.42 Å². The second-order valence-electron chi connectivity index (χ2n) is 5.48. The van der Waals surface area contributed by atoms with Gasteiger partial charge in [-0.2, -0.15) is 15.3 Å². The van der Waals surface area contributed by atoms with Crippen LogP contribution in [-0.4, -0.2) is 33.8 Å². The minimum atomic E-state index is 0.549. The topological polar surface area (TPSA) is 90.6 Å². The van der Waals surface area contributed by atoms with Gasteiger partial charge in [-0.25, -0.2) is 0 Å². The van der Waals surface area contributed by atoms with E-state index in [-0.39, 0.29) is 0 Å². The molecule has 2 heterocycles. The average Bonchev–Trinajstić information content (AvgIpc) is 2.68. The Hall–Kier alpha value is -3.53. The third kappa shape index (κ3) is 4.48. The number of anilines is 3. The van der Waals surface area contributed by atoms with Gasteiger partial charge in [-0.05, 0) is 48.4 Å². The highest BCUT2D eigenvalue weighted by Crippen LogP contribution is 2.16. The largest absolute Gasteiger partial charge is 0.342 e. The van der Waals surface area contributed by atoms with Gasteiger partial charge >= 0.3 is 0 Å². The van der Waals surface area contributed by atoms with Crippen molar-refractivity contribution in [2.75, 3.05) is 23.8 Å². The number of hydrogen-bond acceptors (Lipinski definition) is 7. The number of nitrogens with zero attached hydrogens (tertiary/aromatic N) is 6. The SMILES string of the molecule is CN(CCc1ccncc1)c1nncc(Nc2ccc(C#N)cc2)n1. The van der Waals surface area contributed by atoms with Gasteiger partial charge in [-0.1, -0.05) is 0 Å². The molecule has 1 aromatic carbocycles. The van der Waals surface area contributed by atoms with Crippen molar-refractivity contribution in [1.29, 1.82) is 5.26 Å². The molecule has 0 amide bonds. The summed E-state index contributed by atoms with van der Waals surface area (Å²) in [6, 6.07) is 13.2. The molecule has 25 heavy (non-hydrogen) atoms. The van der Waals surface area contributed by atoms with Crippen LogP contribution in [0.15, 0.2) is 55.0 Å². The summed E-state index contributed by atoms with van der Waals surface area (Å²) in [7, 11) is 1.93. The molecule has 0 saturated carbocycles. The Morgan fingerprint density at radius 3 is 2.60 bits per heavy atom. The third-order valence-corrected chi connectivity index (χ3v) is 3.66. The van der Waals surface area contributed by atoms with Crippen LogP contribution in [-0.2, 0) is 6.42 Å². The molecule has 3 aromatic rings. The summed E-state index contributed by atoms with van der Waals surface area (Å²) in [5, 5.41) is 20.1. The monoisotopic (exact) mass is 331 g/mol. The van der Waals surface area contributed by atoms with Gasteiger partial charge in [-0.15, -0.1) is 5.10 Å². The summed E-state index contributed by atoms with van der Waals surface area (Å²) in [6.07, 6.45) is 6.01. The van der Waals surface area contributed by atoms with Gasteiger partial charge < -0.3 is 10.2 Å². The number of rotatable bonds is 6. The number of benzene rings is 1. The van der Waals surface area contributed by atoms with Crippen molar-refractivity contribution in [1.82, 2.24) is 20.2 Å². The Labute approximate surface area is 146 Å². The highest BCUT2D eigenvalue weighted by Gasteiger charge is 2.07. The lowest BCUT2D eigenvalue weighted by Gasteiger charge is -2.17. The van der Waals surface area contributed by atoms with Crippen LogP contribution in [0, 0.1) is 11.3 Å². The predicted molar refractivity (Wildman–Crippen MR) is 95.5 cm³/mol. The maximum absolute atomic E-state index is 8.84. The van der Waals surface area contributed by atoms with Gasteiger partial charge in [0, 0.05) is 31.7 Å². The Balaban J connectivity index is 1.64. The van der Waals surface area contributed by atoms with Crippen LogP contribution in [0.4, 0.5) is 17.5 Å². The zero-order valence-electron chi connectivity index (χ0n) is 13.8. The van der Waals surface area contributed by atoms with E-state index in [0.717, 1.165) is 18.7 Å². The lowest BCUT2D eigenvalue weighted by molar-refractivity contribution is 0.812. The molecule has 124 valence electrons. The molecule has 0 unspecified atom stereocenters. The molecule has 0 radical (unpaired) electrons. The maximum atomic E-state index is 8.84. The van der Waals surface area contributed by atoms with Crippen LogP contribution in [0.2, 0.25) is 0 Å². The Morgan fingerprint density at radius 1 is 1.12 bits per heavy atom. The molecule has 3 rings (SSSR count). The molecule has 0 aliphatic carbocycles. The van der Waals surface area contributed by atoms with Gasteiger partial charge in [-0.3, -0.25) is 4.98 Å². The van der Waals surface area contributed by atoms with Crippen LogP contribution in [0.5, 0.6) is 0 Å². The summed E-state index contributed by atoms with van der Waals surface area (Å²) in [5.74, 6) is 1.15. The smallest absolute Gasteiger partial charge is 0.247 e. The molecule has 0 aliphatic rings. The van der Waals surface area contributed by atoms with E-state index in [0.29, 0.717) is 17.3 Å². The van der Waals surface area contributed by atoms with E-state index in [4.69, 9.17) is 5.26 Å². The van der Waals surface area contributed by atoms with E-state index >= 15 is 0 Å². The predicted octanol–water partition coefficient (Wildman–Crippen LogP) is 2.56.